The molecule has 2 aromatic carbocycles. The average molecular weight is 477 g/mol. The Morgan fingerprint density at radius 1 is 1.09 bits per heavy atom. The quantitative estimate of drug-likeness (QED) is 0.245. The summed E-state index contributed by atoms with van der Waals surface area (Å²) in [5, 5.41) is 7.49. The Hall–Kier alpha value is -3.39. The van der Waals surface area contributed by atoms with Crippen molar-refractivity contribution in [2.24, 2.45) is 10.7 Å². The monoisotopic (exact) mass is 476 g/mol. The topological polar surface area (TPSA) is 102 Å². The SMILES string of the molecule is COc1ccc(-c2noc(CCCCCN=C(N)NC3CCN(Cc4ccccc4)CC3)n2)cc1. The molecule has 35 heavy (non-hydrogen) atoms. The minimum Gasteiger partial charge on any atom is -0.497 e. The number of piperidine rings is 1. The van der Waals surface area contributed by atoms with Gasteiger partial charge in [-0.25, -0.2) is 0 Å². The molecule has 8 heteroatoms. The Morgan fingerprint density at radius 3 is 2.60 bits per heavy atom. The van der Waals surface area contributed by atoms with Crippen LogP contribution < -0.4 is 15.8 Å². The second-order valence-corrected chi connectivity index (χ2v) is 9.00. The fraction of sp³-hybridized carbons (Fsp3) is 0.444. The molecule has 0 atom stereocenters. The Bertz CT molecular complexity index is 1040. The molecule has 1 fully saturated rings. The van der Waals surface area contributed by atoms with E-state index in [2.05, 4.69) is 55.7 Å². The Labute approximate surface area is 207 Å². The molecule has 0 spiro atoms. The smallest absolute Gasteiger partial charge is 0.226 e. The third-order valence-corrected chi connectivity index (χ3v) is 6.34. The number of methoxy groups -OCH3 is 1. The lowest BCUT2D eigenvalue weighted by Gasteiger charge is -2.32. The van der Waals surface area contributed by atoms with Crippen LogP contribution in [0.1, 0.15) is 43.6 Å². The molecule has 4 rings (SSSR count). The predicted octanol–water partition coefficient (Wildman–Crippen LogP) is 4.03. The molecule has 1 aliphatic rings. The highest BCUT2D eigenvalue weighted by Gasteiger charge is 2.19. The van der Waals surface area contributed by atoms with Crippen LogP contribution in [0, 0.1) is 0 Å². The highest BCUT2D eigenvalue weighted by atomic mass is 16.5. The Balaban J connectivity index is 1.08. The van der Waals surface area contributed by atoms with Crippen LogP contribution in [0.2, 0.25) is 0 Å². The summed E-state index contributed by atoms with van der Waals surface area (Å²) in [6.07, 6.45) is 5.94. The summed E-state index contributed by atoms with van der Waals surface area (Å²) in [5.41, 5.74) is 8.42. The van der Waals surface area contributed by atoms with Crippen LogP contribution in [0.25, 0.3) is 11.4 Å². The number of benzene rings is 2. The lowest BCUT2D eigenvalue weighted by Crippen LogP contribution is -2.46. The molecule has 1 saturated heterocycles. The second kappa shape index (κ2) is 12.9. The van der Waals surface area contributed by atoms with E-state index in [1.807, 2.05) is 24.3 Å². The van der Waals surface area contributed by atoms with E-state index in [1.54, 1.807) is 7.11 Å². The van der Waals surface area contributed by atoms with E-state index >= 15 is 0 Å². The van der Waals surface area contributed by atoms with Crippen molar-refractivity contribution in [2.75, 3.05) is 26.7 Å². The van der Waals surface area contributed by atoms with Gasteiger partial charge in [-0.1, -0.05) is 41.9 Å². The first-order valence-corrected chi connectivity index (χ1v) is 12.5. The summed E-state index contributed by atoms with van der Waals surface area (Å²) < 4.78 is 10.6. The first-order chi connectivity index (χ1) is 17.2. The van der Waals surface area contributed by atoms with Gasteiger partial charge in [-0.2, -0.15) is 4.98 Å². The largest absolute Gasteiger partial charge is 0.497 e. The molecule has 3 N–H and O–H groups in total. The minimum atomic E-state index is 0.406. The average Bonchev–Trinajstić information content (AvgIpc) is 3.37. The van der Waals surface area contributed by atoms with Crippen LogP contribution in [0.4, 0.5) is 0 Å². The summed E-state index contributed by atoms with van der Waals surface area (Å²) in [5.74, 6) is 2.64. The van der Waals surface area contributed by atoms with Crippen molar-refractivity contribution in [3.63, 3.8) is 0 Å². The summed E-state index contributed by atoms with van der Waals surface area (Å²) >= 11 is 0. The van der Waals surface area contributed by atoms with Gasteiger partial charge in [-0.15, -0.1) is 0 Å². The highest BCUT2D eigenvalue weighted by Crippen LogP contribution is 2.20. The van der Waals surface area contributed by atoms with Crippen molar-refractivity contribution in [1.82, 2.24) is 20.4 Å². The summed E-state index contributed by atoms with van der Waals surface area (Å²) in [7, 11) is 1.65. The minimum absolute atomic E-state index is 0.406. The maximum atomic E-state index is 6.13. The number of nitrogens with two attached hydrogens (primary N) is 1. The fourth-order valence-electron chi connectivity index (χ4n) is 4.31. The van der Waals surface area contributed by atoms with Crippen LogP contribution in [-0.4, -0.2) is 53.8 Å². The number of aromatic nitrogens is 2. The van der Waals surface area contributed by atoms with Crippen LogP contribution in [0.15, 0.2) is 64.1 Å². The van der Waals surface area contributed by atoms with Gasteiger partial charge in [0.25, 0.3) is 0 Å². The lowest BCUT2D eigenvalue weighted by molar-refractivity contribution is 0.199. The predicted molar refractivity (Wildman–Crippen MR) is 138 cm³/mol. The van der Waals surface area contributed by atoms with Crippen molar-refractivity contribution in [2.45, 2.75) is 51.1 Å². The molecule has 0 bridgehead atoms. The van der Waals surface area contributed by atoms with Gasteiger partial charge in [0, 0.05) is 44.2 Å². The third-order valence-electron chi connectivity index (χ3n) is 6.34. The molecule has 0 saturated carbocycles. The number of rotatable bonds is 11. The molecule has 3 aromatic rings. The zero-order valence-corrected chi connectivity index (χ0v) is 20.5. The maximum Gasteiger partial charge on any atom is 0.226 e. The molecule has 1 aromatic heterocycles. The van der Waals surface area contributed by atoms with Crippen molar-refractivity contribution in [3.05, 3.63) is 66.1 Å². The van der Waals surface area contributed by atoms with Gasteiger partial charge in [-0.3, -0.25) is 9.89 Å². The molecule has 0 unspecified atom stereocenters. The normalized spacial score (nSPS) is 15.3. The molecule has 0 aliphatic carbocycles. The second-order valence-electron chi connectivity index (χ2n) is 9.00. The van der Waals surface area contributed by atoms with Gasteiger partial charge in [0.15, 0.2) is 5.96 Å². The molecular weight excluding hydrogens is 440 g/mol. The van der Waals surface area contributed by atoms with Gasteiger partial charge in [0.1, 0.15) is 5.75 Å². The van der Waals surface area contributed by atoms with Crippen molar-refractivity contribution in [3.8, 4) is 17.1 Å². The van der Waals surface area contributed by atoms with E-state index in [0.717, 1.165) is 76.0 Å². The fourth-order valence-corrected chi connectivity index (χ4v) is 4.31. The summed E-state index contributed by atoms with van der Waals surface area (Å²) in [6, 6.07) is 18.7. The standard InChI is InChI=1S/C27H36N6O2/c1-34-24-13-11-22(12-14-24)26-31-25(35-32-26)10-6-3-7-17-29-27(28)30-23-15-18-33(19-16-23)20-21-8-4-2-5-9-21/h2,4-5,8-9,11-14,23H,3,6-7,10,15-20H2,1H3,(H3,28,29,30). The Morgan fingerprint density at radius 2 is 1.86 bits per heavy atom. The number of nitrogens with one attached hydrogen (secondary N) is 1. The van der Waals surface area contributed by atoms with E-state index in [1.165, 1.54) is 5.56 Å². The van der Waals surface area contributed by atoms with Crippen LogP contribution >= 0.6 is 0 Å². The number of ether oxygens (including phenoxy) is 1. The summed E-state index contributed by atoms with van der Waals surface area (Å²) in [6.45, 7) is 3.90. The van der Waals surface area contributed by atoms with Crippen molar-refractivity contribution in [1.29, 1.82) is 0 Å². The molecule has 0 radical (unpaired) electrons. The van der Waals surface area contributed by atoms with Gasteiger partial charge in [0.05, 0.1) is 7.11 Å². The zero-order chi connectivity index (χ0) is 24.3. The van der Waals surface area contributed by atoms with Gasteiger partial charge in [0.2, 0.25) is 11.7 Å². The van der Waals surface area contributed by atoms with E-state index in [9.17, 15) is 0 Å². The Kier molecular flexibility index (Phi) is 9.11. The lowest BCUT2D eigenvalue weighted by atomic mass is 10.0. The number of hydrogen-bond donors (Lipinski definition) is 2. The van der Waals surface area contributed by atoms with Crippen LogP contribution in [0.5, 0.6) is 5.75 Å². The third kappa shape index (κ3) is 7.82. The van der Waals surface area contributed by atoms with E-state index in [4.69, 9.17) is 15.0 Å². The van der Waals surface area contributed by atoms with Gasteiger partial charge < -0.3 is 20.3 Å². The van der Waals surface area contributed by atoms with Gasteiger partial charge in [-0.05, 0) is 55.5 Å². The molecule has 186 valence electrons. The first-order valence-electron chi connectivity index (χ1n) is 12.5. The molecular formula is C27H36N6O2. The first kappa shape index (κ1) is 24.7. The van der Waals surface area contributed by atoms with Crippen molar-refractivity contribution < 1.29 is 9.26 Å². The van der Waals surface area contributed by atoms with Crippen LogP contribution in [-0.2, 0) is 13.0 Å². The molecule has 2 heterocycles. The van der Waals surface area contributed by atoms with E-state index in [0.29, 0.717) is 23.7 Å². The van der Waals surface area contributed by atoms with Crippen molar-refractivity contribution >= 4 is 5.96 Å². The van der Waals surface area contributed by atoms with Crippen LogP contribution in [0.3, 0.4) is 0 Å². The van der Waals surface area contributed by atoms with Gasteiger partial charge >= 0.3 is 0 Å². The zero-order valence-electron chi connectivity index (χ0n) is 20.5. The number of hydrogen-bond acceptors (Lipinski definition) is 6. The number of unbranched alkanes of at least 4 members (excludes halogenated alkanes) is 2. The number of guanidine groups is 1. The highest BCUT2D eigenvalue weighted by molar-refractivity contribution is 5.78. The number of aryl methyl sites for hydroxylation is 1. The number of aliphatic imine (C=N–C) groups is 1. The number of likely N-dealkylation sites (tertiary alicyclic amines) is 1. The summed E-state index contributed by atoms with van der Waals surface area (Å²) in [4.78, 5) is 11.5. The molecule has 0 amide bonds. The van der Waals surface area contributed by atoms with E-state index in [-0.39, 0.29) is 0 Å². The molecule has 8 nitrogen and oxygen atoms in total. The van der Waals surface area contributed by atoms with E-state index < -0.39 is 0 Å². The molecule has 1 aliphatic heterocycles. The number of nitrogens with zero attached hydrogens (tertiary/aromatic N) is 4. The maximum absolute atomic E-state index is 6.13.